The van der Waals surface area contributed by atoms with Crippen molar-refractivity contribution in [3.05, 3.63) is 29.3 Å². The van der Waals surface area contributed by atoms with Crippen LogP contribution in [0, 0.1) is 17.8 Å². The van der Waals surface area contributed by atoms with Gasteiger partial charge in [-0.25, -0.2) is 4.79 Å². The summed E-state index contributed by atoms with van der Waals surface area (Å²) in [6.07, 6.45) is 1.06. The van der Waals surface area contributed by atoms with Gasteiger partial charge in [-0.1, -0.05) is 33.8 Å². The zero-order chi connectivity index (χ0) is 25.2. The lowest BCUT2D eigenvalue weighted by Crippen LogP contribution is -2.57. The highest BCUT2D eigenvalue weighted by Gasteiger charge is 2.38. The quantitative estimate of drug-likeness (QED) is 0.671. The van der Waals surface area contributed by atoms with Gasteiger partial charge in [0.15, 0.2) is 0 Å². The van der Waals surface area contributed by atoms with Gasteiger partial charge in [0.05, 0.1) is 6.54 Å². The predicted octanol–water partition coefficient (Wildman–Crippen LogP) is 4.17. The SMILES string of the molecule is CC(C)[C@@H](CN1CC[C@H](C)[C@@H](C)C1)NC(=O)[C@H]1Cc2ccc(O)cc2CN1C(=O)OC(C)(C)C. The average molecular weight is 474 g/mol. The van der Waals surface area contributed by atoms with Crippen LogP contribution in [0.4, 0.5) is 4.79 Å². The maximum Gasteiger partial charge on any atom is 0.411 e. The summed E-state index contributed by atoms with van der Waals surface area (Å²) in [6, 6.07) is 4.47. The number of likely N-dealkylation sites (tertiary alicyclic amines) is 1. The summed E-state index contributed by atoms with van der Waals surface area (Å²) < 4.78 is 5.63. The molecule has 2 amide bonds. The Morgan fingerprint density at radius 2 is 1.88 bits per heavy atom. The number of nitrogens with one attached hydrogen (secondary N) is 1. The average Bonchev–Trinajstić information content (AvgIpc) is 2.73. The summed E-state index contributed by atoms with van der Waals surface area (Å²) in [6.45, 7) is 17.5. The predicted molar refractivity (Wildman–Crippen MR) is 134 cm³/mol. The van der Waals surface area contributed by atoms with Crippen molar-refractivity contribution >= 4 is 12.0 Å². The summed E-state index contributed by atoms with van der Waals surface area (Å²) in [5.74, 6) is 1.64. The Morgan fingerprint density at radius 3 is 2.50 bits per heavy atom. The molecule has 1 aromatic carbocycles. The minimum Gasteiger partial charge on any atom is -0.508 e. The van der Waals surface area contributed by atoms with E-state index >= 15 is 0 Å². The molecule has 7 heteroatoms. The fourth-order valence-electron chi connectivity index (χ4n) is 4.81. The largest absolute Gasteiger partial charge is 0.508 e. The number of nitrogens with zero attached hydrogens (tertiary/aromatic N) is 2. The van der Waals surface area contributed by atoms with Gasteiger partial charge in [0.25, 0.3) is 0 Å². The number of piperidine rings is 1. The van der Waals surface area contributed by atoms with Crippen LogP contribution in [0.15, 0.2) is 18.2 Å². The van der Waals surface area contributed by atoms with Crippen molar-refractivity contribution in [2.24, 2.45) is 17.8 Å². The monoisotopic (exact) mass is 473 g/mol. The number of carbonyl (C=O) groups excluding carboxylic acids is 2. The zero-order valence-electron chi connectivity index (χ0n) is 21.9. The molecular formula is C27H43N3O4. The highest BCUT2D eigenvalue weighted by molar-refractivity contribution is 5.87. The van der Waals surface area contributed by atoms with Gasteiger partial charge in [0, 0.05) is 25.6 Å². The number of rotatable bonds is 5. The first-order valence-electron chi connectivity index (χ1n) is 12.7. The van der Waals surface area contributed by atoms with Gasteiger partial charge >= 0.3 is 6.09 Å². The summed E-state index contributed by atoms with van der Waals surface area (Å²) in [5.41, 5.74) is 1.14. The van der Waals surface area contributed by atoms with Crippen molar-refractivity contribution < 1.29 is 19.4 Å². The third-order valence-electron chi connectivity index (χ3n) is 7.26. The summed E-state index contributed by atoms with van der Waals surface area (Å²) in [7, 11) is 0. The molecule has 0 radical (unpaired) electrons. The van der Waals surface area contributed by atoms with E-state index in [1.165, 1.54) is 11.3 Å². The number of hydrogen-bond donors (Lipinski definition) is 2. The van der Waals surface area contributed by atoms with E-state index in [0.717, 1.165) is 36.7 Å². The van der Waals surface area contributed by atoms with E-state index < -0.39 is 17.7 Å². The van der Waals surface area contributed by atoms with Crippen molar-refractivity contribution in [2.75, 3.05) is 19.6 Å². The van der Waals surface area contributed by atoms with E-state index in [4.69, 9.17) is 4.74 Å². The summed E-state index contributed by atoms with van der Waals surface area (Å²) >= 11 is 0. The van der Waals surface area contributed by atoms with E-state index in [1.807, 2.05) is 26.8 Å². The normalized spacial score (nSPS) is 24.5. The molecule has 0 bridgehead atoms. The molecule has 0 aliphatic carbocycles. The molecule has 7 nitrogen and oxygen atoms in total. The molecule has 2 N–H and O–H groups in total. The molecule has 1 aromatic rings. The van der Waals surface area contributed by atoms with Crippen molar-refractivity contribution in [3.63, 3.8) is 0 Å². The Kier molecular flexibility index (Phi) is 8.17. The second-order valence-corrected chi connectivity index (χ2v) is 11.6. The van der Waals surface area contributed by atoms with Gasteiger partial charge < -0.3 is 20.1 Å². The molecule has 0 unspecified atom stereocenters. The Morgan fingerprint density at radius 1 is 1.18 bits per heavy atom. The van der Waals surface area contributed by atoms with Crippen LogP contribution in [0.3, 0.4) is 0 Å². The Balaban J connectivity index is 1.78. The molecule has 0 saturated carbocycles. The smallest absolute Gasteiger partial charge is 0.411 e. The molecule has 2 aliphatic rings. The van der Waals surface area contributed by atoms with E-state index in [1.54, 1.807) is 12.1 Å². The first kappa shape index (κ1) is 26.3. The van der Waals surface area contributed by atoms with Crippen molar-refractivity contribution in [3.8, 4) is 5.75 Å². The van der Waals surface area contributed by atoms with Crippen LogP contribution in [-0.4, -0.2) is 64.2 Å². The lowest BCUT2D eigenvalue weighted by molar-refractivity contribution is -0.128. The highest BCUT2D eigenvalue weighted by atomic mass is 16.6. The maximum absolute atomic E-state index is 13.6. The molecule has 3 rings (SSSR count). The van der Waals surface area contributed by atoms with Crippen LogP contribution in [0.1, 0.15) is 66.0 Å². The Labute approximate surface area is 204 Å². The van der Waals surface area contributed by atoms with Gasteiger partial charge in [-0.05, 0) is 74.8 Å². The first-order valence-corrected chi connectivity index (χ1v) is 12.7. The van der Waals surface area contributed by atoms with Crippen molar-refractivity contribution in [2.45, 2.75) is 85.5 Å². The van der Waals surface area contributed by atoms with Crippen LogP contribution in [0.5, 0.6) is 5.75 Å². The topological polar surface area (TPSA) is 82.1 Å². The lowest BCUT2D eigenvalue weighted by Gasteiger charge is -2.40. The maximum atomic E-state index is 13.6. The Bertz CT molecular complexity index is 879. The fraction of sp³-hybridized carbons (Fsp3) is 0.704. The van der Waals surface area contributed by atoms with E-state index in [-0.39, 0.29) is 30.2 Å². The number of phenolic OH excluding ortho intramolecular Hbond substituents is 1. The van der Waals surface area contributed by atoms with Gasteiger partial charge in [-0.2, -0.15) is 0 Å². The molecule has 2 aliphatic heterocycles. The standard InChI is InChI=1S/C27H43N3O4/c1-17(2)23(16-29-11-10-18(3)19(4)14-29)28-25(32)24-13-20-8-9-22(31)12-21(20)15-30(24)26(33)34-27(5,6)7/h8-9,12,17-19,23-24,31H,10-11,13-16H2,1-7H3,(H,28,32)/t18-,19-,23+,24+/m0/s1. The highest BCUT2D eigenvalue weighted by Crippen LogP contribution is 2.29. The second-order valence-electron chi connectivity index (χ2n) is 11.6. The number of amides is 2. The number of hydrogen-bond acceptors (Lipinski definition) is 5. The van der Waals surface area contributed by atoms with Crippen LogP contribution in [0.25, 0.3) is 0 Å². The molecule has 1 saturated heterocycles. The molecule has 4 atom stereocenters. The zero-order valence-corrected chi connectivity index (χ0v) is 21.9. The van der Waals surface area contributed by atoms with Gasteiger partial charge in [-0.3, -0.25) is 9.69 Å². The summed E-state index contributed by atoms with van der Waals surface area (Å²) in [4.78, 5) is 30.6. The molecule has 1 fully saturated rings. The molecule has 0 aromatic heterocycles. The number of benzene rings is 1. The van der Waals surface area contributed by atoms with Crippen molar-refractivity contribution in [1.82, 2.24) is 15.1 Å². The van der Waals surface area contributed by atoms with Crippen LogP contribution < -0.4 is 5.32 Å². The molecule has 190 valence electrons. The number of fused-ring (bicyclic) bond motifs is 1. The third-order valence-corrected chi connectivity index (χ3v) is 7.26. The Hall–Kier alpha value is -2.28. The molecule has 34 heavy (non-hydrogen) atoms. The van der Waals surface area contributed by atoms with E-state index in [0.29, 0.717) is 12.3 Å². The third kappa shape index (κ3) is 6.65. The van der Waals surface area contributed by atoms with E-state index in [2.05, 4.69) is 37.9 Å². The number of aromatic hydroxyl groups is 1. The minimum atomic E-state index is -0.667. The lowest BCUT2D eigenvalue weighted by atomic mass is 9.88. The minimum absolute atomic E-state index is 0.00481. The van der Waals surface area contributed by atoms with Gasteiger partial charge in [-0.15, -0.1) is 0 Å². The molecular weight excluding hydrogens is 430 g/mol. The van der Waals surface area contributed by atoms with E-state index in [9.17, 15) is 14.7 Å². The first-order chi connectivity index (χ1) is 15.8. The van der Waals surface area contributed by atoms with Gasteiger partial charge in [0.1, 0.15) is 17.4 Å². The fourth-order valence-corrected chi connectivity index (χ4v) is 4.81. The number of phenols is 1. The van der Waals surface area contributed by atoms with Gasteiger partial charge in [0.2, 0.25) is 5.91 Å². The number of ether oxygens (including phenoxy) is 1. The number of carbonyl (C=O) groups is 2. The summed E-state index contributed by atoms with van der Waals surface area (Å²) in [5, 5.41) is 13.2. The molecule has 2 heterocycles. The van der Waals surface area contributed by atoms with Crippen LogP contribution in [-0.2, 0) is 22.5 Å². The molecule has 0 spiro atoms. The van der Waals surface area contributed by atoms with Crippen molar-refractivity contribution in [1.29, 1.82) is 0 Å². The van der Waals surface area contributed by atoms with Crippen LogP contribution >= 0.6 is 0 Å². The van der Waals surface area contributed by atoms with Crippen LogP contribution in [0.2, 0.25) is 0 Å². The second kappa shape index (κ2) is 10.5.